The van der Waals surface area contributed by atoms with E-state index in [-0.39, 0.29) is 0 Å². The lowest BCUT2D eigenvalue weighted by Gasteiger charge is -1.92. The lowest BCUT2D eigenvalue weighted by molar-refractivity contribution is 0.521. The van der Waals surface area contributed by atoms with Crippen LogP contribution >= 0.6 is 0 Å². The first-order valence-electron chi connectivity index (χ1n) is 4.99. The fourth-order valence-corrected chi connectivity index (χ4v) is 1.01. The van der Waals surface area contributed by atoms with Crippen LogP contribution in [0.2, 0.25) is 0 Å². The number of allylic oxidation sites excluding steroid dienone is 4. The van der Waals surface area contributed by atoms with E-state index < -0.39 is 0 Å². The third kappa shape index (κ3) is 3.60. The molecule has 0 aliphatic heterocycles. The summed E-state index contributed by atoms with van der Waals surface area (Å²) in [4.78, 5) is 4.21. The number of hydrogen-bond acceptors (Lipinski definition) is 2. The molecule has 2 nitrogen and oxygen atoms in total. The van der Waals surface area contributed by atoms with E-state index in [0.717, 1.165) is 11.3 Å². The van der Waals surface area contributed by atoms with Gasteiger partial charge in [-0.25, -0.2) is 4.98 Å². The summed E-state index contributed by atoms with van der Waals surface area (Å²) in [6, 6.07) is 0. The fourth-order valence-electron chi connectivity index (χ4n) is 1.01. The Labute approximate surface area is 86.4 Å². The highest BCUT2D eigenvalue weighted by molar-refractivity contribution is 5.70. The number of oxazole rings is 1. The molecule has 1 aromatic heterocycles. The first-order valence-corrected chi connectivity index (χ1v) is 4.99. The van der Waals surface area contributed by atoms with Crippen molar-refractivity contribution in [2.75, 3.05) is 0 Å². The molecule has 0 unspecified atom stereocenters. The molecule has 0 amide bonds. The van der Waals surface area contributed by atoms with Crippen molar-refractivity contribution < 1.29 is 4.42 Å². The molecule has 0 atom stereocenters. The number of nitrogens with zero attached hydrogens (tertiary/aromatic N) is 1. The number of hydrogen-bond donors (Lipinski definition) is 0. The van der Waals surface area contributed by atoms with Crippen LogP contribution in [0.4, 0.5) is 0 Å². The van der Waals surface area contributed by atoms with Gasteiger partial charge in [0.1, 0.15) is 12.0 Å². The SMILES string of the molecule is C/C=C\C(=C/C)c1coc(C)n1.CC. The topological polar surface area (TPSA) is 26.0 Å². The molecule has 0 radical (unpaired) electrons. The second-order valence-electron chi connectivity index (χ2n) is 2.50. The average molecular weight is 193 g/mol. The van der Waals surface area contributed by atoms with Gasteiger partial charge < -0.3 is 4.42 Å². The molecule has 0 fully saturated rings. The molecule has 0 N–H and O–H groups in total. The molecule has 1 aromatic rings. The molecule has 0 spiro atoms. The molecular weight excluding hydrogens is 174 g/mol. The monoisotopic (exact) mass is 193 g/mol. The minimum Gasteiger partial charge on any atom is -0.449 e. The maximum atomic E-state index is 5.11. The molecule has 0 aliphatic rings. The molecule has 2 heteroatoms. The average Bonchev–Trinajstić information content (AvgIpc) is 2.64. The fraction of sp³-hybridized carbons (Fsp3) is 0.417. The standard InChI is InChI=1S/C10H13NO.C2H6/c1-4-6-9(5-2)10-7-12-8(3)11-10;1-2/h4-7H,1-3H3;1-2H3/b6-4-,9-5+;. The molecule has 0 saturated carbocycles. The zero-order valence-corrected chi connectivity index (χ0v) is 9.66. The summed E-state index contributed by atoms with van der Waals surface area (Å²) >= 11 is 0. The first kappa shape index (κ1) is 12.7. The lowest BCUT2D eigenvalue weighted by Crippen LogP contribution is -1.79. The lowest BCUT2D eigenvalue weighted by atomic mass is 10.2. The van der Waals surface area contributed by atoms with Gasteiger partial charge in [0, 0.05) is 6.92 Å². The van der Waals surface area contributed by atoms with Gasteiger partial charge in [0.25, 0.3) is 0 Å². The molecule has 14 heavy (non-hydrogen) atoms. The highest BCUT2D eigenvalue weighted by Crippen LogP contribution is 2.14. The van der Waals surface area contributed by atoms with Crippen molar-refractivity contribution in [2.24, 2.45) is 0 Å². The van der Waals surface area contributed by atoms with Crippen molar-refractivity contribution >= 4 is 5.57 Å². The van der Waals surface area contributed by atoms with Crippen LogP contribution in [0.3, 0.4) is 0 Å². The van der Waals surface area contributed by atoms with Crippen molar-refractivity contribution in [3.8, 4) is 0 Å². The van der Waals surface area contributed by atoms with E-state index in [1.165, 1.54) is 0 Å². The second kappa shape index (κ2) is 7.13. The van der Waals surface area contributed by atoms with Gasteiger partial charge in [-0.3, -0.25) is 0 Å². The van der Waals surface area contributed by atoms with Crippen molar-refractivity contribution in [2.45, 2.75) is 34.6 Å². The van der Waals surface area contributed by atoms with E-state index in [0.29, 0.717) is 5.89 Å². The summed E-state index contributed by atoms with van der Waals surface area (Å²) < 4.78 is 5.11. The zero-order valence-electron chi connectivity index (χ0n) is 9.66. The first-order chi connectivity index (χ1) is 6.77. The second-order valence-corrected chi connectivity index (χ2v) is 2.50. The summed E-state index contributed by atoms with van der Waals surface area (Å²) in [6.07, 6.45) is 7.68. The van der Waals surface area contributed by atoms with E-state index >= 15 is 0 Å². The summed E-state index contributed by atoms with van der Waals surface area (Å²) in [5, 5.41) is 0. The van der Waals surface area contributed by atoms with Gasteiger partial charge in [-0.2, -0.15) is 0 Å². The molecule has 0 aromatic carbocycles. The Morgan fingerprint density at radius 3 is 2.36 bits per heavy atom. The third-order valence-corrected chi connectivity index (χ3v) is 1.57. The number of aromatic nitrogens is 1. The molecule has 0 saturated heterocycles. The predicted molar refractivity (Wildman–Crippen MR) is 61.1 cm³/mol. The van der Waals surface area contributed by atoms with Crippen LogP contribution < -0.4 is 0 Å². The van der Waals surface area contributed by atoms with Crippen molar-refractivity contribution in [1.82, 2.24) is 4.98 Å². The molecule has 78 valence electrons. The Balaban J connectivity index is 0.000000791. The van der Waals surface area contributed by atoms with Crippen LogP contribution in [-0.4, -0.2) is 4.98 Å². The van der Waals surface area contributed by atoms with Gasteiger partial charge >= 0.3 is 0 Å². The highest BCUT2D eigenvalue weighted by atomic mass is 16.3. The van der Waals surface area contributed by atoms with Crippen molar-refractivity contribution in [1.29, 1.82) is 0 Å². The third-order valence-electron chi connectivity index (χ3n) is 1.57. The van der Waals surface area contributed by atoms with E-state index in [1.54, 1.807) is 6.26 Å². The minimum atomic E-state index is 0.703. The molecule has 1 rings (SSSR count). The van der Waals surface area contributed by atoms with E-state index in [4.69, 9.17) is 4.42 Å². The largest absolute Gasteiger partial charge is 0.449 e. The summed E-state index contributed by atoms with van der Waals surface area (Å²) in [6.45, 7) is 9.81. The minimum absolute atomic E-state index is 0.703. The Morgan fingerprint density at radius 2 is 2.00 bits per heavy atom. The summed E-state index contributed by atoms with van der Waals surface area (Å²) in [5.41, 5.74) is 1.99. The van der Waals surface area contributed by atoms with Gasteiger partial charge in [0.05, 0.1) is 0 Å². The Morgan fingerprint density at radius 1 is 1.36 bits per heavy atom. The quantitative estimate of drug-likeness (QED) is 0.664. The predicted octanol–water partition coefficient (Wildman–Crippen LogP) is 3.99. The van der Waals surface area contributed by atoms with Gasteiger partial charge in [0.2, 0.25) is 0 Å². The van der Waals surface area contributed by atoms with Crippen LogP contribution in [0.15, 0.2) is 28.9 Å². The van der Waals surface area contributed by atoms with Gasteiger partial charge in [-0.15, -0.1) is 0 Å². The maximum absolute atomic E-state index is 5.11. The van der Waals surface area contributed by atoms with Crippen LogP contribution in [0.5, 0.6) is 0 Å². The van der Waals surface area contributed by atoms with E-state index in [9.17, 15) is 0 Å². The normalized spacial score (nSPS) is 11.4. The number of rotatable bonds is 2. The van der Waals surface area contributed by atoms with Crippen LogP contribution in [0.1, 0.15) is 39.3 Å². The van der Waals surface area contributed by atoms with E-state index in [2.05, 4.69) is 4.98 Å². The molecule has 1 heterocycles. The zero-order chi connectivity index (χ0) is 11.0. The smallest absolute Gasteiger partial charge is 0.191 e. The summed E-state index contributed by atoms with van der Waals surface area (Å²) in [7, 11) is 0. The highest BCUT2D eigenvalue weighted by Gasteiger charge is 2.01. The Bertz CT molecular complexity index is 308. The van der Waals surface area contributed by atoms with Crippen LogP contribution in [-0.2, 0) is 0 Å². The number of aryl methyl sites for hydroxylation is 1. The molecule has 0 aliphatic carbocycles. The molecule has 0 bridgehead atoms. The maximum Gasteiger partial charge on any atom is 0.191 e. The Kier molecular flexibility index (Phi) is 6.46. The van der Waals surface area contributed by atoms with E-state index in [1.807, 2.05) is 52.8 Å². The van der Waals surface area contributed by atoms with Crippen molar-refractivity contribution in [3.05, 3.63) is 36.1 Å². The van der Waals surface area contributed by atoms with Crippen LogP contribution in [0, 0.1) is 6.92 Å². The van der Waals surface area contributed by atoms with Crippen molar-refractivity contribution in [3.63, 3.8) is 0 Å². The summed E-state index contributed by atoms with van der Waals surface area (Å²) in [5.74, 6) is 0.703. The van der Waals surface area contributed by atoms with Gasteiger partial charge in [0.15, 0.2) is 5.89 Å². The molecular formula is C12H19NO. The Hall–Kier alpha value is -1.31. The van der Waals surface area contributed by atoms with Crippen LogP contribution in [0.25, 0.3) is 5.57 Å². The van der Waals surface area contributed by atoms with Gasteiger partial charge in [-0.05, 0) is 19.4 Å². The van der Waals surface area contributed by atoms with Gasteiger partial charge in [-0.1, -0.05) is 32.1 Å².